The van der Waals surface area contributed by atoms with Gasteiger partial charge in [-0.05, 0) is 30.3 Å². The number of nitrogens with one attached hydrogen (secondary N) is 2. The Kier molecular flexibility index (Phi) is 6.59. The molecule has 180 valence electrons. The van der Waals surface area contributed by atoms with Gasteiger partial charge in [0.1, 0.15) is 17.1 Å². The molecule has 1 fully saturated rings. The van der Waals surface area contributed by atoms with Gasteiger partial charge in [0.05, 0.1) is 21.3 Å². The van der Waals surface area contributed by atoms with Gasteiger partial charge in [0.2, 0.25) is 0 Å². The van der Waals surface area contributed by atoms with Crippen LogP contribution < -0.4 is 10.6 Å². The van der Waals surface area contributed by atoms with E-state index < -0.39 is 29.3 Å². The Morgan fingerprint density at radius 3 is 2.47 bits per heavy atom. The molecule has 3 heterocycles. The second kappa shape index (κ2) is 9.30. The fourth-order valence-electron chi connectivity index (χ4n) is 3.66. The van der Waals surface area contributed by atoms with Crippen LogP contribution >= 0.6 is 23.2 Å². The summed E-state index contributed by atoms with van der Waals surface area (Å²) >= 11 is 11.7. The van der Waals surface area contributed by atoms with Gasteiger partial charge >= 0.3 is 12.2 Å². The molecule has 0 aliphatic carbocycles. The predicted octanol–water partition coefficient (Wildman–Crippen LogP) is 5.19. The van der Waals surface area contributed by atoms with Crippen LogP contribution in [0.15, 0.2) is 41.7 Å². The van der Waals surface area contributed by atoms with Crippen molar-refractivity contribution < 1.29 is 27.6 Å². The van der Waals surface area contributed by atoms with Crippen molar-refractivity contribution in [3.8, 4) is 0 Å². The highest BCUT2D eigenvalue weighted by Gasteiger charge is 2.44. The van der Waals surface area contributed by atoms with Crippen molar-refractivity contribution in [2.75, 3.05) is 23.7 Å². The SMILES string of the molecule is O=C(Nc1ccc(Cl)cn1)C1=NOC2(CCN(C(=O)Nc3cc(C(F)(F)F)ccc3Cl)CC2)C1. The smallest absolute Gasteiger partial charge is 0.388 e. The van der Waals surface area contributed by atoms with E-state index in [1.54, 1.807) is 12.1 Å². The van der Waals surface area contributed by atoms with Crippen molar-refractivity contribution >= 4 is 52.4 Å². The summed E-state index contributed by atoms with van der Waals surface area (Å²) in [6.45, 7) is 0.511. The van der Waals surface area contributed by atoms with E-state index in [-0.39, 0.29) is 35.9 Å². The Morgan fingerprint density at radius 1 is 1.09 bits per heavy atom. The van der Waals surface area contributed by atoms with Crippen molar-refractivity contribution in [2.24, 2.45) is 5.16 Å². The second-order valence-corrected chi connectivity index (χ2v) is 8.76. The first-order chi connectivity index (χ1) is 16.0. The zero-order valence-corrected chi connectivity index (χ0v) is 19.0. The summed E-state index contributed by atoms with van der Waals surface area (Å²) < 4.78 is 38.9. The number of piperidine rings is 1. The van der Waals surface area contributed by atoms with Gasteiger partial charge in [0.15, 0.2) is 0 Å². The highest BCUT2D eigenvalue weighted by atomic mass is 35.5. The summed E-state index contributed by atoms with van der Waals surface area (Å²) in [5, 5.41) is 9.40. The zero-order chi connectivity index (χ0) is 24.5. The Balaban J connectivity index is 1.32. The van der Waals surface area contributed by atoms with Crippen molar-refractivity contribution in [1.29, 1.82) is 0 Å². The lowest BCUT2D eigenvalue weighted by molar-refractivity contribution is -0.137. The van der Waals surface area contributed by atoms with Crippen LogP contribution in [0.3, 0.4) is 0 Å². The second-order valence-electron chi connectivity index (χ2n) is 7.91. The normalized spacial score (nSPS) is 17.2. The molecule has 34 heavy (non-hydrogen) atoms. The van der Waals surface area contributed by atoms with Crippen molar-refractivity contribution in [1.82, 2.24) is 9.88 Å². The maximum atomic E-state index is 13.0. The van der Waals surface area contributed by atoms with Crippen molar-refractivity contribution in [3.05, 3.63) is 52.1 Å². The topological polar surface area (TPSA) is 95.9 Å². The number of alkyl halides is 3. The highest BCUT2D eigenvalue weighted by molar-refractivity contribution is 6.43. The summed E-state index contributed by atoms with van der Waals surface area (Å²) in [6, 6.07) is 5.28. The van der Waals surface area contributed by atoms with Crippen LogP contribution in [0.2, 0.25) is 10.0 Å². The van der Waals surface area contributed by atoms with E-state index in [1.807, 2.05) is 0 Å². The molecule has 0 radical (unpaired) electrons. The molecule has 2 N–H and O–H groups in total. The average Bonchev–Trinajstić information content (AvgIpc) is 3.20. The van der Waals surface area contributed by atoms with E-state index in [2.05, 4.69) is 20.8 Å². The number of rotatable bonds is 3. The van der Waals surface area contributed by atoms with Crippen molar-refractivity contribution in [2.45, 2.75) is 31.0 Å². The molecule has 1 aromatic carbocycles. The molecule has 1 saturated heterocycles. The monoisotopic (exact) mass is 515 g/mol. The van der Waals surface area contributed by atoms with Gasteiger partial charge in [-0.1, -0.05) is 28.4 Å². The highest BCUT2D eigenvalue weighted by Crippen LogP contribution is 2.36. The molecular weight excluding hydrogens is 498 g/mol. The number of urea groups is 1. The number of benzene rings is 1. The first-order valence-corrected chi connectivity index (χ1v) is 10.9. The number of amides is 3. The minimum absolute atomic E-state index is 0.00631. The Bertz CT molecular complexity index is 1130. The quantitative estimate of drug-likeness (QED) is 0.587. The molecule has 1 spiro atoms. The summed E-state index contributed by atoms with van der Waals surface area (Å²) in [6.07, 6.45) is -2.14. The molecule has 1 aromatic heterocycles. The molecule has 0 unspecified atom stereocenters. The lowest BCUT2D eigenvalue weighted by Crippen LogP contribution is -2.48. The van der Waals surface area contributed by atoms with E-state index in [9.17, 15) is 22.8 Å². The molecule has 3 amide bonds. The van der Waals surface area contributed by atoms with Gasteiger partial charge in [0, 0.05) is 38.5 Å². The molecule has 0 saturated carbocycles. The minimum Gasteiger partial charge on any atom is -0.388 e. The number of likely N-dealkylation sites (tertiary alicyclic amines) is 1. The molecule has 0 bridgehead atoms. The van der Waals surface area contributed by atoms with Gasteiger partial charge in [-0.15, -0.1) is 0 Å². The summed E-state index contributed by atoms with van der Waals surface area (Å²) in [4.78, 5) is 36.1. The average molecular weight is 516 g/mol. The number of hydrogen-bond acceptors (Lipinski definition) is 5. The molecule has 13 heteroatoms. The number of nitrogens with zero attached hydrogens (tertiary/aromatic N) is 3. The fraction of sp³-hybridized carbons (Fsp3) is 0.333. The molecular formula is C21H18Cl2F3N5O3. The maximum absolute atomic E-state index is 13.0. The van der Waals surface area contributed by atoms with Gasteiger partial charge in [-0.3, -0.25) is 4.79 Å². The summed E-state index contributed by atoms with van der Waals surface area (Å²) in [5.41, 5.74) is -1.58. The van der Waals surface area contributed by atoms with E-state index in [0.717, 1.165) is 18.2 Å². The van der Waals surface area contributed by atoms with Gasteiger partial charge in [0.25, 0.3) is 5.91 Å². The van der Waals surface area contributed by atoms with E-state index in [4.69, 9.17) is 28.0 Å². The lowest BCUT2D eigenvalue weighted by Gasteiger charge is -2.37. The predicted molar refractivity (Wildman–Crippen MR) is 120 cm³/mol. The largest absolute Gasteiger partial charge is 0.416 e. The number of halogens is 5. The molecule has 2 aliphatic rings. The number of carbonyl (C=O) groups is 2. The Morgan fingerprint density at radius 2 is 1.82 bits per heavy atom. The number of carbonyl (C=O) groups excluding carboxylic acids is 2. The van der Waals surface area contributed by atoms with Crippen LogP contribution in [0.5, 0.6) is 0 Å². The van der Waals surface area contributed by atoms with Crippen molar-refractivity contribution in [3.63, 3.8) is 0 Å². The van der Waals surface area contributed by atoms with Gasteiger partial charge in [-0.25, -0.2) is 9.78 Å². The fourth-order valence-corrected chi connectivity index (χ4v) is 3.94. The molecule has 2 aliphatic heterocycles. The number of aromatic nitrogens is 1. The number of pyridine rings is 1. The number of anilines is 2. The van der Waals surface area contributed by atoms with E-state index >= 15 is 0 Å². The summed E-state index contributed by atoms with van der Waals surface area (Å²) in [5.74, 6) is -0.135. The van der Waals surface area contributed by atoms with Gasteiger partial charge < -0.3 is 20.4 Å². The first-order valence-electron chi connectivity index (χ1n) is 10.2. The standard InChI is InChI=1S/C21H18Cl2F3N5O3/c22-13-2-4-17(27-11-13)29-18(32)16-10-20(34-30-16)5-7-31(8-6-20)19(33)28-15-9-12(21(24,25)26)1-3-14(15)23/h1-4,9,11H,5-8,10H2,(H,28,33)(H,27,29,32). The lowest BCUT2D eigenvalue weighted by atomic mass is 9.87. The van der Waals surface area contributed by atoms with Crippen LogP contribution in [0.25, 0.3) is 0 Å². The van der Waals surface area contributed by atoms with Crippen LogP contribution in [-0.2, 0) is 15.8 Å². The van der Waals surface area contributed by atoms with Gasteiger partial charge in [-0.2, -0.15) is 13.2 Å². The zero-order valence-electron chi connectivity index (χ0n) is 17.5. The van der Waals surface area contributed by atoms with Crippen LogP contribution in [-0.4, -0.2) is 46.2 Å². The number of oxime groups is 1. The molecule has 8 nitrogen and oxygen atoms in total. The Hall–Kier alpha value is -3.05. The summed E-state index contributed by atoms with van der Waals surface area (Å²) in [7, 11) is 0. The van der Waals surface area contributed by atoms with Crippen LogP contribution in [0, 0.1) is 0 Å². The Labute approximate surface area is 202 Å². The van der Waals surface area contributed by atoms with Crippen LogP contribution in [0.4, 0.5) is 29.5 Å². The molecule has 2 aromatic rings. The third-order valence-corrected chi connectivity index (χ3v) is 6.12. The molecule has 4 rings (SSSR count). The molecule has 0 atom stereocenters. The number of hydrogen-bond donors (Lipinski definition) is 2. The first kappa shape index (κ1) is 24.1. The third kappa shape index (κ3) is 5.36. The van der Waals surface area contributed by atoms with Crippen LogP contribution in [0.1, 0.15) is 24.8 Å². The third-order valence-electron chi connectivity index (χ3n) is 5.57. The minimum atomic E-state index is -4.56. The van der Waals surface area contributed by atoms with E-state index in [0.29, 0.717) is 23.7 Å². The van der Waals surface area contributed by atoms with E-state index in [1.165, 1.54) is 11.1 Å². The maximum Gasteiger partial charge on any atom is 0.416 e.